The molecule has 2 heterocycles. The van der Waals surface area contributed by atoms with E-state index in [1.165, 1.54) is 23.5 Å². The van der Waals surface area contributed by atoms with Crippen LogP contribution in [0.5, 0.6) is 11.5 Å². The molecule has 0 aliphatic carbocycles. The Balaban J connectivity index is 1.73. The van der Waals surface area contributed by atoms with E-state index >= 15 is 0 Å². The van der Waals surface area contributed by atoms with E-state index in [9.17, 15) is 10.2 Å². The largest absolute Gasteiger partial charge is 0.508 e. The van der Waals surface area contributed by atoms with E-state index in [1.54, 1.807) is 29.1 Å². The molecule has 8 heteroatoms. The van der Waals surface area contributed by atoms with E-state index < -0.39 is 0 Å². The highest BCUT2D eigenvalue weighted by Gasteiger charge is 2.16. The minimum atomic E-state index is -0.0409. The molecule has 0 amide bonds. The first-order valence-electron chi connectivity index (χ1n) is 9.53. The maximum absolute atomic E-state index is 10.3. The number of aromatic hydroxyl groups is 2. The summed E-state index contributed by atoms with van der Waals surface area (Å²) in [4.78, 5) is 5.37. The van der Waals surface area contributed by atoms with Crippen LogP contribution in [0.1, 0.15) is 24.0 Å². The van der Waals surface area contributed by atoms with Gasteiger partial charge in [-0.1, -0.05) is 12.1 Å². The van der Waals surface area contributed by atoms with Gasteiger partial charge >= 0.3 is 0 Å². The molecule has 1 fully saturated rings. The molecule has 4 rings (SSSR count). The second kappa shape index (κ2) is 8.95. The Morgan fingerprint density at radius 2 is 2.07 bits per heavy atom. The Morgan fingerprint density at radius 3 is 2.77 bits per heavy atom. The number of hydrogen-bond acceptors (Lipinski definition) is 7. The molecule has 1 atom stereocenters. The molecule has 0 saturated carbocycles. The summed E-state index contributed by atoms with van der Waals surface area (Å²) in [7, 11) is 0. The number of rotatable bonds is 5. The van der Waals surface area contributed by atoms with Crippen molar-refractivity contribution in [2.24, 2.45) is 10.1 Å². The molecule has 0 spiro atoms. The van der Waals surface area contributed by atoms with Gasteiger partial charge in [0.25, 0.3) is 0 Å². The van der Waals surface area contributed by atoms with E-state index in [4.69, 9.17) is 10.00 Å². The van der Waals surface area contributed by atoms with Crippen molar-refractivity contribution in [1.29, 1.82) is 5.26 Å². The van der Waals surface area contributed by atoms with Crippen LogP contribution in [0, 0.1) is 11.3 Å². The monoisotopic (exact) mass is 420 g/mol. The Hall–Kier alpha value is -3.41. The van der Waals surface area contributed by atoms with Crippen LogP contribution >= 0.6 is 11.3 Å². The third-order valence-electron chi connectivity index (χ3n) is 4.76. The zero-order valence-electron chi connectivity index (χ0n) is 16.1. The Bertz CT molecular complexity index is 1170. The predicted octanol–water partition coefficient (Wildman–Crippen LogP) is 3.46. The van der Waals surface area contributed by atoms with E-state index in [2.05, 4.69) is 16.2 Å². The van der Waals surface area contributed by atoms with E-state index in [1.807, 2.05) is 17.5 Å². The number of phenols is 2. The lowest BCUT2D eigenvalue weighted by atomic mass is 10.1. The molecule has 2 aromatic carbocycles. The lowest BCUT2D eigenvalue weighted by Gasteiger charge is -2.07. The molecule has 1 saturated heterocycles. The maximum Gasteiger partial charge on any atom is 0.206 e. The lowest BCUT2D eigenvalue weighted by molar-refractivity contribution is 0.117. The number of thiazole rings is 1. The number of ether oxygens (including phenoxy) is 1. The SMILES string of the molecule is N#Cc1ccc(/C=N/n2c(-c3ccc(O)cc3O)csc2=NCC2CCCO2)cc1. The molecule has 1 aliphatic heterocycles. The summed E-state index contributed by atoms with van der Waals surface area (Å²) in [6, 6.07) is 13.6. The van der Waals surface area contributed by atoms with Crippen LogP contribution in [0.15, 0.2) is 57.9 Å². The molecule has 2 N–H and O–H groups in total. The van der Waals surface area contributed by atoms with Gasteiger partial charge in [0.1, 0.15) is 11.5 Å². The summed E-state index contributed by atoms with van der Waals surface area (Å²) >= 11 is 1.42. The van der Waals surface area contributed by atoms with E-state index in [-0.39, 0.29) is 17.6 Å². The molecule has 0 radical (unpaired) electrons. The molecule has 7 nitrogen and oxygen atoms in total. The maximum atomic E-state index is 10.3. The molecule has 3 aromatic rings. The molecule has 152 valence electrons. The van der Waals surface area contributed by atoms with Gasteiger partial charge in [0.2, 0.25) is 4.80 Å². The third-order valence-corrected chi connectivity index (χ3v) is 5.61. The van der Waals surface area contributed by atoms with Crippen molar-refractivity contribution in [3.63, 3.8) is 0 Å². The van der Waals surface area contributed by atoms with Gasteiger partial charge in [-0.05, 0) is 42.7 Å². The highest BCUT2D eigenvalue weighted by molar-refractivity contribution is 7.07. The average molecular weight is 420 g/mol. The molecular formula is C22H20N4O3S. The van der Waals surface area contributed by atoms with Crippen LogP contribution in [0.2, 0.25) is 0 Å². The summed E-state index contributed by atoms with van der Waals surface area (Å²) in [6.45, 7) is 1.32. The number of aromatic nitrogens is 1. The Kier molecular flexibility index (Phi) is 5.93. The molecule has 1 unspecified atom stereocenters. The Labute approximate surface area is 177 Å². The lowest BCUT2D eigenvalue weighted by Crippen LogP contribution is -2.17. The standard InChI is InChI=1S/C22H20N4O3S/c23-11-15-3-5-16(6-4-15)12-25-26-20(19-8-7-17(27)10-21(19)28)14-30-22(26)24-13-18-2-1-9-29-18/h3-8,10,12,14,18,27-28H,1-2,9,13H2/b24-22?,25-12+. The smallest absolute Gasteiger partial charge is 0.206 e. The highest BCUT2D eigenvalue weighted by Crippen LogP contribution is 2.32. The first-order chi connectivity index (χ1) is 14.6. The molecular weight excluding hydrogens is 400 g/mol. The predicted molar refractivity (Wildman–Crippen MR) is 115 cm³/mol. The second-order valence-electron chi connectivity index (χ2n) is 6.87. The first-order valence-corrected chi connectivity index (χ1v) is 10.4. The normalized spacial score (nSPS) is 16.9. The van der Waals surface area contributed by atoms with Crippen LogP contribution in [-0.2, 0) is 4.74 Å². The van der Waals surface area contributed by atoms with Gasteiger partial charge < -0.3 is 14.9 Å². The number of phenolic OH excluding ortho intramolecular Hbond substituents is 2. The number of nitriles is 1. The van der Waals surface area contributed by atoms with Gasteiger partial charge in [-0.25, -0.2) is 4.68 Å². The molecule has 0 bridgehead atoms. The summed E-state index contributed by atoms with van der Waals surface area (Å²) < 4.78 is 7.33. The third kappa shape index (κ3) is 4.43. The summed E-state index contributed by atoms with van der Waals surface area (Å²) in [5.74, 6) is -0.0526. The van der Waals surface area contributed by atoms with Gasteiger partial charge in [0.15, 0.2) is 0 Å². The van der Waals surface area contributed by atoms with Gasteiger partial charge in [-0.15, -0.1) is 11.3 Å². The van der Waals surface area contributed by atoms with Crippen LogP contribution in [0.25, 0.3) is 11.3 Å². The van der Waals surface area contributed by atoms with Crippen LogP contribution in [-0.4, -0.2) is 40.4 Å². The van der Waals surface area contributed by atoms with Crippen molar-refractivity contribution in [1.82, 2.24) is 4.68 Å². The van der Waals surface area contributed by atoms with E-state index in [0.717, 1.165) is 25.0 Å². The fourth-order valence-corrected chi connectivity index (χ4v) is 4.02. The number of benzene rings is 2. The van der Waals surface area contributed by atoms with Crippen molar-refractivity contribution in [3.05, 3.63) is 63.8 Å². The quantitative estimate of drug-likeness (QED) is 0.617. The molecule has 1 aromatic heterocycles. The van der Waals surface area contributed by atoms with Crippen molar-refractivity contribution in [2.45, 2.75) is 18.9 Å². The minimum Gasteiger partial charge on any atom is -0.508 e. The summed E-state index contributed by atoms with van der Waals surface area (Å²) in [5.41, 5.74) is 2.61. The highest BCUT2D eigenvalue weighted by atomic mass is 32.1. The number of hydrogen-bond donors (Lipinski definition) is 2. The van der Waals surface area contributed by atoms with Crippen molar-refractivity contribution in [3.8, 4) is 28.8 Å². The molecule has 30 heavy (non-hydrogen) atoms. The van der Waals surface area contributed by atoms with Gasteiger partial charge in [-0.3, -0.25) is 4.99 Å². The van der Waals surface area contributed by atoms with Gasteiger partial charge in [0.05, 0.1) is 36.2 Å². The Morgan fingerprint density at radius 1 is 1.23 bits per heavy atom. The first kappa shape index (κ1) is 19.9. The van der Waals surface area contributed by atoms with Gasteiger partial charge in [0, 0.05) is 23.6 Å². The zero-order chi connectivity index (χ0) is 20.9. The van der Waals surface area contributed by atoms with Gasteiger partial charge in [-0.2, -0.15) is 10.4 Å². The van der Waals surface area contributed by atoms with Crippen LogP contribution in [0.3, 0.4) is 0 Å². The minimum absolute atomic E-state index is 0.0117. The topological polar surface area (TPSA) is 103 Å². The van der Waals surface area contributed by atoms with Crippen LogP contribution < -0.4 is 4.80 Å². The fraction of sp³-hybridized carbons (Fsp3) is 0.227. The average Bonchev–Trinajstić information content (AvgIpc) is 3.41. The van der Waals surface area contributed by atoms with Crippen LogP contribution in [0.4, 0.5) is 0 Å². The zero-order valence-corrected chi connectivity index (χ0v) is 16.9. The van der Waals surface area contributed by atoms with Crippen molar-refractivity contribution in [2.75, 3.05) is 13.2 Å². The van der Waals surface area contributed by atoms with E-state index in [0.29, 0.717) is 28.2 Å². The van der Waals surface area contributed by atoms with Crippen molar-refractivity contribution >= 4 is 17.6 Å². The number of nitrogens with zero attached hydrogens (tertiary/aromatic N) is 4. The summed E-state index contributed by atoms with van der Waals surface area (Å²) in [5, 5.41) is 35.3. The second-order valence-corrected chi connectivity index (χ2v) is 7.71. The summed E-state index contributed by atoms with van der Waals surface area (Å²) in [6.07, 6.45) is 3.84. The molecule has 1 aliphatic rings. The van der Waals surface area contributed by atoms with Crippen molar-refractivity contribution < 1.29 is 14.9 Å². The fourth-order valence-electron chi connectivity index (χ4n) is 3.18.